The number of amidine groups is 1. The minimum Gasteiger partial charge on any atom is -0.486 e. The highest BCUT2D eigenvalue weighted by molar-refractivity contribution is 5.89. The zero-order valence-electron chi connectivity index (χ0n) is 12.1. The molecule has 0 aromatic heterocycles. The number of urea groups is 1. The van der Waals surface area contributed by atoms with E-state index in [0.717, 1.165) is 31.6 Å². The lowest BCUT2D eigenvalue weighted by Gasteiger charge is -2.20. The Morgan fingerprint density at radius 2 is 1.81 bits per heavy atom. The average molecular weight is 290 g/mol. The second-order valence-corrected chi connectivity index (χ2v) is 5.17. The van der Waals surface area contributed by atoms with Crippen LogP contribution in [0.4, 0.5) is 10.5 Å². The SMILES string of the molecule is N=C(N)COc1ccc(NC(=O)N2CCCCCC2)cc1. The summed E-state index contributed by atoms with van der Waals surface area (Å²) in [5.74, 6) is 0.603. The van der Waals surface area contributed by atoms with Crippen LogP contribution >= 0.6 is 0 Å². The minimum absolute atomic E-state index is 0.0199. The number of ether oxygens (including phenoxy) is 1. The van der Waals surface area contributed by atoms with E-state index in [9.17, 15) is 4.79 Å². The van der Waals surface area contributed by atoms with Crippen LogP contribution < -0.4 is 15.8 Å². The minimum atomic E-state index is -0.0469. The molecule has 6 heteroatoms. The summed E-state index contributed by atoms with van der Waals surface area (Å²) >= 11 is 0. The highest BCUT2D eigenvalue weighted by Gasteiger charge is 2.15. The van der Waals surface area contributed by atoms with E-state index in [1.807, 2.05) is 4.90 Å². The number of likely N-dealkylation sites (tertiary alicyclic amines) is 1. The number of nitrogens with one attached hydrogen (secondary N) is 2. The third-order valence-corrected chi connectivity index (χ3v) is 3.39. The molecule has 114 valence electrons. The molecule has 0 aliphatic carbocycles. The van der Waals surface area contributed by atoms with Gasteiger partial charge in [0.1, 0.15) is 18.2 Å². The topological polar surface area (TPSA) is 91.4 Å². The van der Waals surface area contributed by atoms with Gasteiger partial charge in [-0.15, -0.1) is 0 Å². The van der Waals surface area contributed by atoms with Crippen molar-refractivity contribution in [2.45, 2.75) is 25.7 Å². The number of carbonyl (C=O) groups excluding carboxylic acids is 1. The Balaban J connectivity index is 1.87. The molecule has 1 aromatic carbocycles. The molecule has 1 saturated heterocycles. The number of nitrogens with zero attached hydrogens (tertiary/aromatic N) is 1. The fourth-order valence-corrected chi connectivity index (χ4v) is 2.27. The Bertz CT molecular complexity index is 479. The van der Waals surface area contributed by atoms with E-state index in [4.69, 9.17) is 15.9 Å². The molecule has 1 heterocycles. The smallest absolute Gasteiger partial charge is 0.321 e. The van der Waals surface area contributed by atoms with E-state index in [2.05, 4.69) is 5.32 Å². The number of hydrogen-bond donors (Lipinski definition) is 3. The summed E-state index contributed by atoms with van der Waals surface area (Å²) in [4.78, 5) is 14.0. The van der Waals surface area contributed by atoms with E-state index in [0.29, 0.717) is 5.75 Å². The van der Waals surface area contributed by atoms with Crippen molar-refractivity contribution in [1.82, 2.24) is 4.90 Å². The number of benzene rings is 1. The van der Waals surface area contributed by atoms with Gasteiger partial charge in [-0.25, -0.2) is 4.79 Å². The fourth-order valence-electron chi connectivity index (χ4n) is 2.27. The van der Waals surface area contributed by atoms with Gasteiger partial charge in [-0.3, -0.25) is 5.41 Å². The molecule has 4 N–H and O–H groups in total. The molecule has 21 heavy (non-hydrogen) atoms. The monoisotopic (exact) mass is 290 g/mol. The first-order valence-electron chi connectivity index (χ1n) is 7.27. The number of anilines is 1. The highest BCUT2D eigenvalue weighted by Crippen LogP contribution is 2.17. The van der Waals surface area contributed by atoms with E-state index in [1.54, 1.807) is 24.3 Å². The maximum atomic E-state index is 12.2. The molecule has 1 aliphatic heterocycles. The molecule has 0 bridgehead atoms. The molecule has 2 amide bonds. The van der Waals surface area contributed by atoms with Crippen molar-refractivity contribution in [2.24, 2.45) is 5.73 Å². The molecule has 1 aliphatic rings. The van der Waals surface area contributed by atoms with Crippen LogP contribution in [0.25, 0.3) is 0 Å². The van der Waals surface area contributed by atoms with Crippen LogP contribution in [0.3, 0.4) is 0 Å². The zero-order valence-corrected chi connectivity index (χ0v) is 12.1. The van der Waals surface area contributed by atoms with Crippen LogP contribution in [0.1, 0.15) is 25.7 Å². The Morgan fingerprint density at radius 3 is 2.38 bits per heavy atom. The predicted molar refractivity (Wildman–Crippen MR) is 82.9 cm³/mol. The first kappa shape index (κ1) is 15.2. The van der Waals surface area contributed by atoms with Gasteiger partial charge in [0.25, 0.3) is 0 Å². The van der Waals surface area contributed by atoms with Crippen molar-refractivity contribution in [3.8, 4) is 5.75 Å². The van der Waals surface area contributed by atoms with E-state index in [1.165, 1.54) is 12.8 Å². The van der Waals surface area contributed by atoms with Crippen molar-refractivity contribution < 1.29 is 9.53 Å². The molecule has 6 nitrogen and oxygen atoms in total. The lowest BCUT2D eigenvalue weighted by Crippen LogP contribution is -2.35. The summed E-state index contributed by atoms with van der Waals surface area (Å²) in [6.07, 6.45) is 4.55. The van der Waals surface area contributed by atoms with Crippen LogP contribution in [0.2, 0.25) is 0 Å². The lowest BCUT2D eigenvalue weighted by atomic mass is 10.2. The van der Waals surface area contributed by atoms with Gasteiger partial charge in [-0.2, -0.15) is 0 Å². The molecule has 1 fully saturated rings. The van der Waals surface area contributed by atoms with E-state index in [-0.39, 0.29) is 18.5 Å². The van der Waals surface area contributed by atoms with Crippen LogP contribution in [0.5, 0.6) is 5.75 Å². The van der Waals surface area contributed by atoms with Crippen molar-refractivity contribution in [3.63, 3.8) is 0 Å². The number of carbonyl (C=O) groups is 1. The summed E-state index contributed by atoms with van der Waals surface area (Å²) in [6, 6.07) is 7.02. The number of nitrogens with two attached hydrogens (primary N) is 1. The van der Waals surface area contributed by atoms with Crippen LogP contribution in [-0.2, 0) is 0 Å². The average Bonchev–Trinajstić information content (AvgIpc) is 2.75. The largest absolute Gasteiger partial charge is 0.486 e. The number of amides is 2. The zero-order chi connectivity index (χ0) is 15.1. The summed E-state index contributed by atoms with van der Waals surface area (Å²) in [5.41, 5.74) is 5.96. The van der Waals surface area contributed by atoms with Crippen LogP contribution in [0.15, 0.2) is 24.3 Å². The second kappa shape index (κ2) is 7.52. The van der Waals surface area contributed by atoms with Crippen molar-refractivity contribution >= 4 is 17.6 Å². The molecule has 0 radical (unpaired) electrons. The maximum absolute atomic E-state index is 12.2. The van der Waals surface area contributed by atoms with Gasteiger partial charge in [-0.1, -0.05) is 12.8 Å². The molecule has 0 unspecified atom stereocenters. The molecular formula is C15H22N4O2. The summed E-state index contributed by atoms with van der Waals surface area (Å²) < 4.78 is 5.29. The van der Waals surface area contributed by atoms with Gasteiger partial charge < -0.3 is 20.7 Å². The summed E-state index contributed by atoms with van der Waals surface area (Å²) in [7, 11) is 0. The molecule has 2 rings (SSSR count). The van der Waals surface area contributed by atoms with Gasteiger partial charge in [0.05, 0.1) is 0 Å². The fraction of sp³-hybridized carbons (Fsp3) is 0.467. The van der Waals surface area contributed by atoms with Gasteiger partial charge >= 0.3 is 6.03 Å². The predicted octanol–water partition coefficient (Wildman–Crippen LogP) is 2.41. The Morgan fingerprint density at radius 1 is 1.19 bits per heavy atom. The third kappa shape index (κ3) is 4.98. The normalized spacial score (nSPS) is 15.1. The van der Waals surface area contributed by atoms with Gasteiger partial charge in [0.2, 0.25) is 0 Å². The van der Waals surface area contributed by atoms with Gasteiger partial charge in [0, 0.05) is 18.8 Å². The molecule has 0 atom stereocenters. The molecule has 1 aromatic rings. The van der Waals surface area contributed by atoms with E-state index >= 15 is 0 Å². The van der Waals surface area contributed by atoms with Crippen molar-refractivity contribution in [2.75, 3.05) is 25.0 Å². The van der Waals surface area contributed by atoms with Crippen molar-refractivity contribution in [1.29, 1.82) is 5.41 Å². The summed E-state index contributed by atoms with van der Waals surface area (Å²) in [6.45, 7) is 1.72. The Labute approximate surface area is 124 Å². The lowest BCUT2D eigenvalue weighted by molar-refractivity contribution is 0.214. The van der Waals surface area contributed by atoms with Crippen LogP contribution in [0, 0.1) is 5.41 Å². The van der Waals surface area contributed by atoms with E-state index < -0.39 is 0 Å². The van der Waals surface area contributed by atoms with Gasteiger partial charge in [0.15, 0.2) is 0 Å². The first-order valence-corrected chi connectivity index (χ1v) is 7.27. The van der Waals surface area contributed by atoms with Crippen molar-refractivity contribution in [3.05, 3.63) is 24.3 Å². The maximum Gasteiger partial charge on any atom is 0.321 e. The van der Waals surface area contributed by atoms with Gasteiger partial charge in [-0.05, 0) is 37.1 Å². The highest BCUT2D eigenvalue weighted by atomic mass is 16.5. The van der Waals surface area contributed by atoms with Crippen LogP contribution in [-0.4, -0.2) is 36.5 Å². The molecule has 0 spiro atoms. The molecular weight excluding hydrogens is 268 g/mol. The number of rotatable bonds is 4. The summed E-state index contributed by atoms with van der Waals surface area (Å²) in [5, 5.41) is 10.00. The second-order valence-electron chi connectivity index (χ2n) is 5.17. The number of hydrogen-bond acceptors (Lipinski definition) is 3. The standard InChI is InChI=1S/C15H22N4O2/c16-14(17)11-21-13-7-5-12(6-8-13)18-15(20)19-9-3-1-2-4-10-19/h5-8H,1-4,9-11H2,(H3,16,17)(H,18,20). The first-order chi connectivity index (χ1) is 10.1. The molecule has 0 saturated carbocycles. The quantitative estimate of drug-likeness (QED) is 0.587. The Hall–Kier alpha value is -2.24. The Kier molecular flexibility index (Phi) is 5.43. The third-order valence-electron chi connectivity index (χ3n) is 3.39.